The SMILES string of the molecule is CCOc1cccc2noc(N)c12. The molecule has 0 radical (unpaired) electrons. The van der Waals surface area contributed by atoms with E-state index in [0.29, 0.717) is 12.5 Å². The largest absolute Gasteiger partial charge is 0.493 e. The highest BCUT2D eigenvalue weighted by atomic mass is 16.5. The third-order valence-electron chi connectivity index (χ3n) is 1.79. The lowest BCUT2D eigenvalue weighted by Crippen LogP contribution is -1.92. The van der Waals surface area contributed by atoms with Crippen LogP contribution in [0.4, 0.5) is 5.88 Å². The Morgan fingerprint density at radius 3 is 3.15 bits per heavy atom. The van der Waals surface area contributed by atoms with Gasteiger partial charge < -0.3 is 15.0 Å². The number of rotatable bonds is 2. The molecule has 0 atom stereocenters. The maximum Gasteiger partial charge on any atom is 0.233 e. The first kappa shape index (κ1) is 7.91. The lowest BCUT2D eigenvalue weighted by molar-refractivity contribution is 0.344. The van der Waals surface area contributed by atoms with E-state index in [1.807, 2.05) is 25.1 Å². The molecule has 1 heterocycles. The number of hydrogen-bond donors (Lipinski definition) is 1. The fourth-order valence-corrected chi connectivity index (χ4v) is 1.26. The van der Waals surface area contributed by atoms with Crippen LogP contribution in [0.3, 0.4) is 0 Å². The van der Waals surface area contributed by atoms with E-state index in [1.165, 1.54) is 0 Å². The first-order valence-corrected chi connectivity index (χ1v) is 4.09. The normalized spacial score (nSPS) is 10.5. The molecule has 68 valence electrons. The molecule has 0 aliphatic heterocycles. The van der Waals surface area contributed by atoms with Crippen LogP contribution in [0, 0.1) is 0 Å². The summed E-state index contributed by atoms with van der Waals surface area (Å²) in [6.45, 7) is 2.52. The van der Waals surface area contributed by atoms with Gasteiger partial charge in [-0.3, -0.25) is 0 Å². The smallest absolute Gasteiger partial charge is 0.233 e. The van der Waals surface area contributed by atoms with E-state index in [4.69, 9.17) is 15.0 Å². The number of anilines is 1. The lowest BCUT2D eigenvalue weighted by Gasteiger charge is -2.02. The van der Waals surface area contributed by atoms with Gasteiger partial charge in [-0.05, 0) is 19.1 Å². The van der Waals surface area contributed by atoms with E-state index in [-0.39, 0.29) is 0 Å². The Balaban J connectivity index is 2.65. The molecule has 0 aliphatic rings. The fourth-order valence-electron chi connectivity index (χ4n) is 1.26. The van der Waals surface area contributed by atoms with Crippen LogP contribution in [-0.4, -0.2) is 11.8 Å². The lowest BCUT2D eigenvalue weighted by atomic mass is 10.2. The molecule has 2 aromatic rings. The van der Waals surface area contributed by atoms with Crippen molar-refractivity contribution in [2.75, 3.05) is 12.3 Å². The third-order valence-corrected chi connectivity index (χ3v) is 1.79. The second-order valence-corrected chi connectivity index (χ2v) is 2.63. The standard InChI is InChI=1S/C9H10N2O2/c1-2-12-7-5-3-4-6-8(7)9(10)13-11-6/h3-5H,2,10H2,1H3. The van der Waals surface area contributed by atoms with Crippen LogP contribution in [0.2, 0.25) is 0 Å². The predicted octanol–water partition coefficient (Wildman–Crippen LogP) is 1.81. The summed E-state index contributed by atoms with van der Waals surface area (Å²) < 4.78 is 10.2. The summed E-state index contributed by atoms with van der Waals surface area (Å²) >= 11 is 0. The average Bonchev–Trinajstić information content (AvgIpc) is 2.50. The maximum absolute atomic E-state index is 5.60. The van der Waals surface area contributed by atoms with Crippen LogP contribution in [0.1, 0.15) is 6.92 Å². The molecule has 2 N–H and O–H groups in total. The van der Waals surface area contributed by atoms with Crippen LogP contribution < -0.4 is 10.5 Å². The van der Waals surface area contributed by atoms with E-state index in [1.54, 1.807) is 0 Å². The van der Waals surface area contributed by atoms with Crippen molar-refractivity contribution in [1.29, 1.82) is 0 Å². The molecule has 0 aliphatic carbocycles. The molecule has 4 heteroatoms. The van der Waals surface area contributed by atoms with Gasteiger partial charge >= 0.3 is 0 Å². The molecule has 13 heavy (non-hydrogen) atoms. The average molecular weight is 178 g/mol. The molecule has 0 saturated heterocycles. The molecule has 0 saturated carbocycles. The minimum absolute atomic E-state index is 0.305. The van der Waals surface area contributed by atoms with Crippen molar-refractivity contribution in [2.45, 2.75) is 6.92 Å². The summed E-state index contributed by atoms with van der Waals surface area (Å²) in [7, 11) is 0. The Bertz CT molecular complexity index is 422. The Kier molecular flexibility index (Phi) is 1.81. The first-order valence-electron chi connectivity index (χ1n) is 4.09. The molecule has 2 rings (SSSR count). The minimum Gasteiger partial charge on any atom is -0.493 e. The Hall–Kier alpha value is -1.71. The molecular formula is C9H10N2O2. The Morgan fingerprint density at radius 1 is 1.54 bits per heavy atom. The second-order valence-electron chi connectivity index (χ2n) is 2.63. The van der Waals surface area contributed by atoms with Gasteiger partial charge in [-0.2, -0.15) is 0 Å². The van der Waals surface area contributed by atoms with Crippen molar-refractivity contribution in [2.24, 2.45) is 0 Å². The molecule has 0 bridgehead atoms. The summed E-state index contributed by atoms with van der Waals surface area (Å²) in [6.07, 6.45) is 0. The molecule has 0 spiro atoms. The van der Waals surface area contributed by atoms with Gasteiger partial charge in [0.15, 0.2) is 0 Å². The van der Waals surface area contributed by atoms with Crippen LogP contribution in [-0.2, 0) is 0 Å². The number of nitrogens with two attached hydrogens (primary N) is 1. The molecule has 4 nitrogen and oxygen atoms in total. The van der Waals surface area contributed by atoms with Gasteiger partial charge in [0, 0.05) is 0 Å². The topological polar surface area (TPSA) is 61.3 Å². The zero-order chi connectivity index (χ0) is 9.26. The van der Waals surface area contributed by atoms with Gasteiger partial charge in [-0.25, -0.2) is 0 Å². The van der Waals surface area contributed by atoms with Gasteiger partial charge in [0.25, 0.3) is 0 Å². The van der Waals surface area contributed by atoms with Crippen LogP contribution in [0.15, 0.2) is 22.7 Å². The van der Waals surface area contributed by atoms with E-state index < -0.39 is 0 Å². The number of hydrogen-bond acceptors (Lipinski definition) is 4. The number of fused-ring (bicyclic) bond motifs is 1. The summed E-state index contributed by atoms with van der Waals surface area (Å²) in [5.41, 5.74) is 6.32. The summed E-state index contributed by atoms with van der Waals surface area (Å²) in [4.78, 5) is 0. The van der Waals surface area contributed by atoms with Crippen molar-refractivity contribution in [3.63, 3.8) is 0 Å². The summed E-state index contributed by atoms with van der Waals surface area (Å²) in [5.74, 6) is 1.03. The molecular weight excluding hydrogens is 168 g/mol. The highest BCUT2D eigenvalue weighted by Gasteiger charge is 2.09. The monoisotopic (exact) mass is 178 g/mol. The predicted molar refractivity (Wildman–Crippen MR) is 49.6 cm³/mol. The highest BCUT2D eigenvalue weighted by molar-refractivity contribution is 5.92. The van der Waals surface area contributed by atoms with Crippen LogP contribution >= 0.6 is 0 Å². The number of nitrogen functional groups attached to an aromatic ring is 1. The Labute approximate surface area is 75.3 Å². The van der Waals surface area contributed by atoms with Gasteiger partial charge in [0.2, 0.25) is 5.88 Å². The third kappa shape index (κ3) is 1.20. The Morgan fingerprint density at radius 2 is 2.38 bits per heavy atom. The molecule has 1 aromatic heterocycles. The number of nitrogens with zero attached hydrogens (tertiary/aromatic N) is 1. The van der Waals surface area contributed by atoms with Crippen molar-refractivity contribution < 1.29 is 9.26 Å². The van der Waals surface area contributed by atoms with E-state index in [9.17, 15) is 0 Å². The van der Waals surface area contributed by atoms with E-state index >= 15 is 0 Å². The maximum atomic E-state index is 5.60. The highest BCUT2D eigenvalue weighted by Crippen LogP contribution is 2.29. The van der Waals surface area contributed by atoms with Gasteiger partial charge in [-0.1, -0.05) is 11.2 Å². The first-order chi connectivity index (χ1) is 6.33. The van der Waals surface area contributed by atoms with E-state index in [0.717, 1.165) is 16.7 Å². The summed E-state index contributed by atoms with van der Waals surface area (Å²) in [6, 6.07) is 5.53. The molecule has 0 unspecified atom stereocenters. The molecule has 0 fully saturated rings. The zero-order valence-electron chi connectivity index (χ0n) is 7.28. The fraction of sp³-hybridized carbons (Fsp3) is 0.222. The second kappa shape index (κ2) is 2.97. The van der Waals surface area contributed by atoms with Gasteiger partial charge in [0.05, 0.1) is 6.61 Å². The van der Waals surface area contributed by atoms with Crippen molar-refractivity contribution in [3.8, 4) is 5.75 Å². The van der Waals surface area contributed by atoms with Crippen molar-refractivity contribution >= 4 is 16.8 Å². The molecule has 1 aromatic carbocycles. The summed E-state index contributed by atoms with van der Waals surface area (Å²) in [5, 5.41) is 4.54. The van der Waals surface area contributed by atoms with E-state index in [2.05, 4.69) is 5.16 Å². The van der Waals surface area contributed by atoms with Crippen molar-refractivity contribution in [1.82, 2.24) is 5.16 Å². The number of benzene rings is 1. The van der Waals surface area contributed by atoms with Gasteiger partial charge in [0.1, 0.15) is 16.7 Å². The number of aromatic nitrogens is 1. The zero-order valence-corrected chi connectivity index (χ0v) is 7.28. The number of ether oxygens (including phenoxy) is 1. The van der Waals surface area contributed by atoms with Crippen molar-refractivity contribution in [3.05, 3.63) is 18.2 Å². The van der Waals surface area contributed by atoms with Crippen LogP contribution in [0.5, 0.6) is 5.75 Å². The minimum atomic E-state index is 0.305. The van der Waals surface area contributed by atoms with Gasteiger partial charge in [-0.15, -0.1) is 0 Å². The quantitative estimate of drug-likeness (QED) is 0.761. The molecule has 0 amide bonds. The van der Waals surface area contributed by atoms with Crippen LogP contribution in [0.25, 0.3) is 10.9 Å².